The lowest BCUT2D eigenvalue weighted by molar-refractivity contribution is -0.0977. The molecular formula is C16H22N2O3. The van der Waals surface area contributed by atoms with Crippen molar-refractivity contribution in [2.45, 2.75) is 20.3 Å². The zero-order valence-corrected chi connectivity index (χ0v) is 12.8. The lowest BCUT2D eigenvalue weighted by Gasteiger charge is -2.55. The first-order chi connectivity index (χ1) is 9.93. The van der Waals surface area contributed by atoms with Crippen molar-refractivity contribution in [3.05, 3.63) is 24.0 Å². The lowest BCUT2D eigenvalue weighted by Crippen LogP contribution is -2.54. The van der Waals surface area contributed by atoms with E-state index in [0.29, 0.717) is 30.3 Å². The number of aliphatic hydroxyl groups is 1. The minimum absolute atomic E-state index is 0.0574. The van der Waals surface area contributed by atoms with Crippen LogP contribution in [0.4, 0.5) is 0 Å². The SMILES string of the molecule is COc1ccncc1C(=O)N1C[C@@H]2C(C)(C)C[C@]2(CO)C1. The largest absolute Gasteiger partial charge is 0.496 e. The number of carbonyl (C=O) groups is 1. The molecule has 1 saturated heterocycles. The lowest BCUT2D eigenvalue weighted by atomic mass is 9.48. The molecule has 1 aliphatic carbocycles. The van der Waals surface area contributed by atoms with Gasteiger partial charge in [-0.05, 0) is 23.8 Å². The van der Waals surface area contributed by atoms with E-state index in [4.69, 9.17) is 4.74 Å². The summed E-state index contributed by atoms with van der Waals surface area (Å²) < 4.78 is 5.25. The van der Waals surface area contributed by atoms with E-state index in [1.807, 2.05) is 4.90 Å². The van der Waals surface area contributed by atoms with Gasteiger partial charge in [-0.3, -0.25) is 9.78 Å². The van der Waals surface area contributed by atoms with Crippen LogP contribution in [0.3, 0.4) is 0 Å². The average molecular weight is 290 g/mol. The second-order valence-electron chi connectivity index (χ2n) is 7.00. The highest BCUT2D eigenvalue weighted by Gasteiger charge is 2.63. The molecule has 5 nitrogen and oxygen atoms in total. The summed E-state index contributed by atoms with van der Waals surface area (Å²) in [6, 6.07) is 1.70. The summed E-state index contributed by atoms with van der Waals surface area (Å²) in [6.45, 7) is 5.89. The van der Waals surface area contributed by atoms with E-state index in [-0.39, 0.29) is 23.3 Å². The number of amides is 1. The molecule has 114 valence electrons. The fourth-order valence-corrected chi connectivity index (χ4v) is 4.38. The van der Waals surface area contributed by atoms with Crippen LogP contribution in [0.15, 0.2) is 18.5 Å². The topological polar surface area (TPSA) is 62.7 Å². The van der Waals surface area contributed by atoms with E-state index in [9.17, 15) is 9.90 Å². The molecular weight excluding hydrogens is 268 g/mol. The number of aliphatic hydroxyl groups excluding tert-OH is 1. The smallest absolute Gasteiger partial charge is 0.259 e. The number of likely N-dealkylation sites (tertiary alicyclic amines) is 1. The predicted octanol–water partition coefficient (Wildman–Crippen LogP) is 1.57. The first kappa shape index (κ1) is 14.3. The highest BCUT2D eigenvalue weighted by Crippen LogP contribution is 2.62. The van der Waals surface area contributed by atoms with E-state index in [1.54, 1.807) is 25.6 Å². The van der Waals surface area contributed by atoms with Gasteiger partial charge >= 0.3 is 0 Å². The first-order valence-electron chi connectivity index (χ1n) is 7.32. The van der Waals surface area contributed by atoms with E-state index >= 15 is 0 Å². The molecule has 1 N–H and O–H groups in total. The number of hydrogen-bond donors (Lipinski definition) is 1. The number of rotatable bonds is 3. The summed E-state index contributed by atoms with van der Waals surface area (Å²) in [7, 11) is 1.55. The summed E-state index contributed by atoms with van der Waals surface area (Å²) in [4.78, 5) is 18.6. The number of nitrogens with zero attached hydrogens (tertiary/aromatic N) is 2. The van der Waals surface area contributed by atoms with Gasteiger partial charge in [-0.15, -0.1) is 0 Å². The predicted molar refractivity (Wildman–Crippen MR) is 78.1 cm³/mol. The molecule has 2 aliphatic rings. The van der Waals surface area contributed by atoms with E-state index in [0.717, 1.165) is 6.42 Å². The van der Waals surface area contributed by atoms with Crippen molar-refractivity contribution in [3.8, 4) is 5.75 Å². The Morgan fingerprint density at radius 3 is 2.90 bits per heavy atom. The van der Waals surface area contributed by atoms with E-state index < -0.39 is 0 Å². The van der Waals surface area contributed by atoms with Crippen molar-refractivity contribution in [1.29, 1.82) is 0 Å². The third-order valence-electron chi connectivity index (χ3n) is 5.23. The third-order valence-corrected chi connectivity index (χ3v) is 5.23. The molecule has 0 radical (unpaired) electrons. The third kappa shape index (κ3) is 2.02. The molecule has 0 spiro atoms. The highest BCUT2D eigenvalue weighted by atomic mass is 16.5. The van der Waals surface area contributed by atoms with Crippen molar-refractivity contribution >= 4 is 5.91 Å². The summed E-state index contributed by atoms with van der Waals surface area (Å²) in [6.07, 6.45) is 4.13. The van der Waals surface area contributed by atoms with Gasteiger partial charge in [-0.1, -0.05) is 13.8 Å². The molecule has 2 atom stereocenters. The van der Waals surface area contributed by atoms with E-state index in [2.05, 4.69) is 18.8 Å². The summed E-state index contributed by atoms with van der Waals surface area (Å²) in [5.74, 6) is 0.853. The highest BCUT2D eigenvalue weighted by molar-refractivity contribution is 5.96. The molecule has 1 saturated carbocycles. The van der Waals surface area contributed by atoms with Gasteiger partial charge in [0.25, 0.3) is 5.91 Å². The minimum atomic E-state index is -0.116. The fraction of sp³-hybridized carbons (Fsp3) is 0.625. The van der Waals surface area contributed by atoms with Gasteiger partial charge in [0.1, 0.15) is 5.75 Å². The van der Waals surface area contributed by atoms with Crippen molar-refractivity contribution in [3.63, 3.8) is 0 Å². The molecule has 2 fully saturated rings. The number of fused-ring (bicyclic) bond motifs is 1. The standard InChI is InChI=1S/C16H22N2O3/c1-15(2)8-16(10-19)9-18(7-13(15)16)14(20)11-6-17-5-4-12(11)21-3/h4-6,13,19H,7-10H2,1-3H3/t13-,16-/m1/s1. The minimum Gasteiger partial charge on any atom is -0.496 e. The van der Waals surface area contributed by atoms with Crippen LogP contribution < -0.4 is 4.74 Å². The first-order valence-corrected chi connectivity index (χ1v) is 7.32. The van der Waals surface area contributed by atoms with Crippen molar-refractivity contribution in [2.24, 2.45) is 16.7 Å². The number of aromatic nitrogens is 1. The van der Waals surface area contributed by atoms with Gasteiger partial charge in [0.05, 0.1) is 19.3 Å². The molecule has 1 amide bonds. The van der Waals surface area contributed by atoms with Gasteiger partial charge in [0, 0.05) is 30.9 Å². The van der Waals surface area contributed by atoms with Gasteiger partial charge in [-0.25, -0.2) is 0 Å². The number of pyridine rings is 1. The number of carbonyl (C=O) groups excluding carboxylic acids is 1. The number of ether oxygens (including phenoxy) is 1. The monoisotopic (exact) mass is 290 g/mol. The maximum atomic E-state index is 12.7. The van der Waals surface area contributed by atoms with Gasteiger partial charge < -0.3 is 14.7 Å². The quantitative estimate of drug-likeness (QED) is 0.918. The number of hydrogen-bond acceptors (Lipinski definition) is 4. The normalized spacial score (nSPS) is 29.7. The van der Waals surface area contributed by atoms with Crippen LogP contribution in [0, 0.1) is 16.7 Å². The van der Waals surface area contributed by atoms with Crippen molar-refractivity contribution in [1.82, 2.24) is 9.88 Å². The Labute approximate surface area is 124 Å². The van der Waals surface area contributed by atoms with Crippen molar-refractivity contribution in [2.75, 3.05) is 26.8 Å². The summed E-state index contributed by atoms with van der Waals surface area (Å²) >= 11 is 0. The van der Waals surface area contributed by atoms with Crippen LogP contribution >= 0.6 is 0 Å². The van der Waals surface area contributed by atoms with Crippen LogP contribution in [0.5, 0.6) is 5.75 Å². The van der Waals surface area contributed by atoms with Crippen LogP contribution in [-0.4, -0.2) is 47.7 Å². The van der Waals surface area contributed by atoms with Crippen LogP contribution in [-0.2, 0) is 0 Å². The Hall–Kier alpha value is -1.62. The van der Waals surface area contributed by atoms with Crippen LogP contribution in [0.25, 0.3) is 0 Å². The number of methoxy groups -OCH3 is 1. The molecule has 21 heavy (non-hydrogen) atoms. The van der Waals surface area contributed by atoms with Crippen LogP contribution in [0.1, 0.15) is 30.6 Å². The zero-order valence-electron chi connectivity index (χ0n) is 12.8. The molecule has 0 unspecified atom stereocenters. The molecule has 0 aromatic carbocycles. The molecule has 1 aliphatic heterocycles. The molecule has 2 heterocycles. The average Bonchev–Trinajstić information content (AvgIpc) is 2.82. The maximum Gasteiger partial charge on any atom is 0.259 e. The Bertz CT molecular complexity index is 572. The Kier molecular flexibility index (Phi) is 3.20. The second kappa shape index (κ2) is 4.70. The Balaban J connectivity index is 1.85. The fourth-order valence-electron chi connectivity index (χ4n) is 4.38. The van der Waals surface area contributed by atoms with E-state index in [1.165, 1.54) is 0 Å². The maximum absolute atomic E-state index is 12.7. The van der Waals surface area contributed by atoms with Crippen molar-refractivity contribution < 1.29 is 14.6 Å². The second-order valence-corrected chi connectivity index (χ2v) is 7.00. The Morgan fingerprint density at radius 1 is 1.57 bits per heavy atom. The molecule has 5 heteroatoms. The molecule has 3 rings (SSSR count). The molecule has 1 aromatic heterocycles. The van der Waals surface area contributed by atoms with Gasteiger partial charge in [-0.2, -0.15) is 0 Å². The molecule has 1 aromatic rings. The zero-order chi connectivity index (χ0) is 15.3. The summed E-state index contributed by atoms with van der Waals surface area (Å²) in [5, 5.41) is 9.78. The van der Waals surface area contributed by atoms with Gasteiger partial charge in [0.2, 0.25) is 0 Å². The van der Waals surface area contributed by atoms with Crippen LogP contribution in [0.2, 0.25) is 0 Å². The molecule has 0 bridgehead atoms. The van der Waals surface area contributed by atoms with Gasteiger partial charge in [0.15, 0.2) is 0 Å². The summed E-state index contributed by atoms with van der Waals surface area (Å²) in [5.41, 5.74) is 0.568. The Morgan fingerprint density at radius 2 is 2.33 bits per heavy atom.